The average molecular weight is 264 g/mol. The zero-order valence-corrected chi connectivity index (χ0v) is 9.83. The molecule has 0 saturated heterocycles. The molecule has 1 aromatic carbocycles. The van der Waals surface area contributed by atoms with Crippen molar-refractivity contribution in [2.75, 3.05) is 12.4 Å². The highest BCUT2D eigenvalue weighted by molar-refractivity contribution is 5.38. The monoisotopic (exact) mass is 264 g/mol. The lowest BCUT2D eigenvalue weighted by molar-refractivity contribution is -0.384. The maximum atomic E-state index is 13.4. The Morgan fingerprint density at radius 1 is 1.37 bits per heavy atom. The lowest BCUT2D eigenvalue weighted by Crippen LogP contribution is -2.00. The fourth-order valence-electron chi connectivity index (χ4n) is 1.29. The Morgan fingerprint density at radius 2 is 2.05 bits per heavy atom. The van der Waals surface area contributed by atoms with Crippen molar-refractivity contribution in [3.05, 3.63) is 46.4 Å². The molecule has 8 heteroatoms. The van der Waals surface area contributed by atoms with Gasteiger partial charge in [0.15, 0.2) is 0 Å². The maximum absolute atomic E-state index is 13.4. The molecule has 0 spiro atoms. The number of rotatable bonds is 4. The van der Waals surface area contributed by atoms with Gasteiger partial charge < -0.3 is 10.1 Å². The summed E-state index contributed by atoms with van der Waals surface area (Å²) in [6.07, 6.45) is 0.972. The van der Waals surface area contributed by atoms with E-state index in [-0.39, 0.29) is 23.3 Å². The summed E-state index contributed by atoms with van der Waals surface area (Å²) in [6.45, 7) is 0. The number of non-ortho nitro benzene ring substituents is 1. The van der Waals surface area contributed by atoms with Crippen LogP contribution in [0.4, 0.5) is 16.0 Å². The summed E-state index contributed by atoms with van der Waals surface area (Å²) in [6, 6.07) is 5.23. The molecule has 1 heterocycles. The van der Waals surface area contributed by atoms with Crippen LogP contribution in [-0.4, -0.2) is 21.9 Å². The van der Waals surface area contributed by atoms with Gasteiger partial charge in [-0.25, -0.2) is 4.98 Å². The second kappa shape index (κ2) is 5.25. The smallest absolute Gasteiger partial charge is 0.269 e. The second-order valence-electron chi connectivity index (χ2n) is 3.45. The molecule has 0 aliphatic carbocycles. The molecule has 0 unspecified atom stereocenters. The van der Waals surface area contributed by atoms with Crippen LogP contribution in [0.5, 0.6) is 11.6 Å². The van der Waals surface area contributed by atoms with Gasteiger partial charge in [-0.2, -0.15) is 9.37 Å². The zero-order chi connectivity index (χ0) is 13.8. The van der Waals surface area contributed by atoms with Gasteiger partial charge in [-0.05, 0) is 12.1 Å². The number of hydrogen-bond acceptors (Lipinski definition) is 6. The van der Waals surface area contributed by atoms with Crippen LogP contribution < -0.4 is 10.1 Å². The Bertz CT molecular complexity index is 603. The van der Waals surface area contributed by atoms with Gasteiger partial charge in [-0.15, -0.1) is 0 Å². The van der Waals surface area contributed by atoms with E-state index >= 15 is 0 Å². The second-order valence-corrected chi connectivity index (χ2v) is 3.45. The van der Waals surface area contributed by atoms with E-state index in [2.05, 4.69) is 15.3 Å². The van der Waals surface area contributed by atoms with Gasteiger partial charge in [0, 0.05) is 19.2 Å². The van der Waals surface area contributed by atoms with Crippen molar-refractivity contribution < 1.29 is 14.1 Å². The minimum Gasteiger partial charge on any atom is -0.436 e. The molecule has 0 amide bonds. The van der Waals surface area contributed by atoms with Crippen molar-refractivity contribution in [1.82, 2.24) is 9.97 Å². The van der Waals surface area contributed by atoms with Crippen molar-refractivity contribution in [1.29, 1.82) is 0 Å². The number of benzene rings is 1. The molecule has 0 radical (unpaired) electrons. The van der Waals surface area contributed by atoms with Crippen LogP contribution in [0.2, 0.25) is 0 Å². The first kappa shape index (κ1) is 12.7. The quantitative estimate of drug-likeness (QED) is 0.673. The summed E-state index contributed by atoms with van der Waals surface area (Å²) in [5, 5.41) is 13.1. The number of ether oxygens (including phenoxy) is 1. The molecule has 0 fully saturated rings. The van der Waals surface area contributed by atoms with Gasteiger partial charge in [0.2, 0.25) is 11.8 Å². The normalized spacial score (nSPS) is 10.0. The van der Waals surface area contributed by atoms with E-state index in [9.17, 15) is 14.5 Å². The number of anilines is 1. The van der Waals surface area contributed by atoms with Gasteiger partial charge in [-0.1, -0.05) is 0 Å². The van der Waals surface area contributed by atoms with Crippen molar-refractivity contribution in [3.8, 4) is 11.6 Å². The van der Waals surface area contributed by atoms with Crippen LogP contribution in [0.1, 0.15) is 0 Å². The minimum atomic E-state index is -0.725. The predicted molar refractivity (Wildman–Crippen MR) is 64.7 cm³/mol. The number of nitrogens with zero attached hydrogens (tertiary/aromatic N) is 3. The summed E-state index contributed by atoms with van der Waals surface area (Å²) < 4.78 is 18.6. The van der Waals surface area contributed by atoms with Crippen molar-refractivity contribution in [2.45, 2.75) is 0 Å². The summed E-state index contributed by atoms with van der Waals surface area (Å²) >= 11 is 0. The molecule has 2 aromatic rings. The number of hydrogen-bond donors (Lipinski definition) is 1. The summed E-state index contributed by atoms with van der Waals surface area (Å²) in [7, 11) is 1.59. The van der Waals surface area contributed by atoms with Crippen LogP contribution in [-0.2, 0) is 0 Å². The Morgan fingerprint density at radius 3 is 2.63 bits per heavy atom. The Hall–Kier alpha value is -2.77. The maximum Gasteiger partial charge on any atom is 0.269 e. The molecule has 1 N–H and O–H groups in total. The Balaban J connectivity index is 2.23. The molecule has 98 valence electrons. The van der Waals surface area contributed by atoms with Crippen LogP contribution in [0, 0.1) is 15.9 Å². The first-order valence-corrected chi connectivity index (χ1v) is 5.23. The van der Waals surface area contributed by atoms with Gasteiger partial charge in [-0.3, -0.25) is 10.1 Å². The standard InChI is InChI=1S/C11H9FN4O3/c1-13-11-14-6-9(12)10(15-11)19-8-4-2-7(3-5-8)16(17)18/h2-6H,1H3,(H,13,14,15). The molecule has 7 nitrogen and oxygen atoms in total. The van der Waals surface area contributed by atoms with E-state index in [0.29, 0.717) is 0 Å². The third-order valence-electron chi connectivity index (χ3n) is 2.20. The number of aromatic nitrogens is 2. The van der Waals surface area contributed by atoms with Crippen LogP contribution >= 0.6 is 0 Å². The Kier molecular flexibility index (Phi) is 3.51. The summed E-state index contributed by atoms with van der Waals surface area (Å²) in [5.41, 5.74) is -0.0774. The first-order chi connectivity index (χ1) is 9.10. The fourth-order valence-corrected chi connectivity index (χ4v) is 1.29. The van der Waals surface area contributed by atoms with E-state index < -0.39 is 10.7 Å². The number of nitro groups is 1. The largest absolute Gasteiger partial charge is 0.436 e. The number of nitro benzene ring substituents is 1. The molecule has 0 aliphatic rings. The van der Waals surface area contributed by atoms with Crippen molar-refractivity contribution in [2.24, 2.45) is 0 Å². The molecular formula is C11H9FN4O3. The molecule has 0 bridgehead atoms. The Labute approximate surface area is 107 Å². The molecule has 2 rings (SSSR count). The highest BCUT2D eigenvalue weighted by Crippen LogP contribution is 2.24. The SMILES string of the molecule is CNc1ncc(F)c(Oc2ccc([N+](=O)[O-])cc2)n1. The van der Waals surface area contributed by atoms with E-state index in [1.54, 1.807) is 7.05 Å². The molecule has 0 atom stereocenters. The van der Waals surface area contributed by atoms with Gasteiger partial charge >= 0.3 is 0 Å². The summed E-state index contributed by atoms with van der Waals surface area (Å²) in [5.74, 6) is -0.533. The van der Waals surface area contributed by atoms with Crippen molar-refractivity contribution >= 4 is 11.6 Å². The molecule has 0 aliphatic heterocycles. The fraction of sp³-hybridized carbons (Fsp3) is 0.0909. The highest BCUT2D eigenvalue weighted by atomic mass is 19.1. The van der Waals surface area contributed by atoms with E-state index in [4.69, 9.17) is 4.74 Å². The van der Waals surface area contributed by atoms with Gasteiger partial charge in [0.1, 0.15) is 5.75 Å². The number of nitrogens with one attached hydrogen (secondary N) is 1. The average Bonchev–Trinajstić information content (AvgIpc) is 2.42. The molecular weight excluding hydrogens is 255 g/mol. The predicted octanol–water partition coefficient (Wildman–Crippen LogP) is 2.36. The van der Waals surface area contributed by atoms with E-state index in [1.807, 2.05) is 0 Å². The molecule has 1 aromatic heterocycles. The van der Waals surface area contributed by atoms with E-state index in [1.165, 1.54) is 24.3 Å². The lowest BCUT2D eigenvalue weighted by Gasteiger charge is -2.06. The van der Waals surface area contributed by atoms with Crippen molar-refractivity contribution in [3.63, 3.8) is 0 Å². The first-order valence-electron chi connectivity index (χ1n) is 5.23. The topological polar surface area (TPSA) is 90.2 Å². The zero-order valence-electron chi connectivity index (χ0n) is 9.83. The van der Waals surface area contributed by atoms with Crippen LogP contribution in [0.25, 0.3) is 0 Å². The van der Waals surface area contributed by atoms with Gasteiger partial charge in [0.25, 0.3) is 11.6 Å². The van der Waals surface area contributed by atoms with Crippen LogP contribution in [0.15, 0.2) is 30.5 Å². The lowest BCUT2D eigenvalue weighted by atomic mass is 10.3. The molecule has 19 heavy (non-hydrogen) atoms. The third-order valence-corrected chi connectivity index (χ3v) is 2.20. The minimum absolute atomic E-state index is 0.0774. The molecule has 0 saturated carbocycles. The van der Waals surface area contributed by atoms with Crippen LogP contribution in [0.3, 0.4) is 0 Å². The van der Waals surface area contributed by atoms with Gasteiger partial charge in [0.05, 0.1) is 11.1 Å². The third kappa shape index (κ3) is 2.92. The highest BCUT2D eigenvalue weighted by Gasteiger charge is 2.10. The van der Waals surface area contributed by atoms with E-state index in [0.717, 1.165) is 6.20 Å². The number of halogens is 1. The summed E-state index contributed by atoms with van der Waals surface area (Å²) in [4.78, 5) is 17.4.